The molecule has 0 aliphatic carbocycles. The highest BCUT2D eigenvalue weighted by atomic mass is 19.1. The van der Waals surface area contributed by atoms with Gasteiger partial charge in [-0.15, -0.1) is 0 Å². The van der Waals surface area contributed by atoms with Crippen LogP contribution in [0.4, 0.5) is 14.5 Å². The first-order valence-electron chi connectivity index (χ1n) is 5.92. The minimum atomic E-state index is -1.20. The number of hydrogen-bond acceptors (Lipinski definition) is 5. The number of hydrogen-bond donors (Lipinski definition) is 0. The summed E-state index contributed by atoms with van der Waals surface area (Å²) in [6.45, 7) is 0. The van der Waals surface area contributed by atoms with Gasteiger partial charge >= 0.3 is 5.97 Å². The van der Waals surface area contributed by atoms with Crippen LogP contribution in [-0.2, 0) is 0 Å². The van der Waals surface area contributed by atoms with Crippen LogP contribution >= 0.6 is 0 Å². The smallest absolute Gasteiger partial charge is 0.346 e. The Morgan fingerprint density at radius 2 is 1.86 bits per heavy atom. The summed E-state index contributed by atoms with van der Waals surface area (Å²) in [5.41, 5.74) is -0.975. The third kappa shape index (κ3) is 3.17. The van der Waals surface area contributed by atoms with Crippen LogP contribution in [-0.4, -0.2) is 18.0 Å². The summed E-state index contributed by atoms with van der Waals surface area (Å²) in [7, 11) is 1.27. The molecule has 0 aliphatic heterocycles. The summed E-state index contributed by atoms with van der Waals surface area (Å²) in [6.07, 6.45) is 0. The Labute approximate surface area is 123 Å². The Hall–Kier alpha value is -3.03. The number of esters is 1. The molecule has 2 rings (SSSR count). The predicted octanol–water partition coefficient (Wildman–Crippen LogP) is 3.10. The molecule has 6 nitrogen and oxygen atoms in total. The molecule has 0 radical (unpaired) electrons. The summed E-state index contributed by atoms with van der Waals surface area (Å²) >= 11 is 0. The van der Waals surface area contributed by atoms with Crippen molar-refractivity contribution in [1.82, 2.24) is 0 Å². The van der Waals surface area contributed by atoms with E-state index < -0.39 is 28.1 Å². The maximum Gasteiger partial charge on any atom is 0.346 e. The lowest BCUT2D eigenvalue weighted by Crippen LogP contribution is -2.12. The largest absolute Gasteiger partial charge is 0.493 e. The molecule has 0 unspecified atom stereocenters. The number of halogens is 2. The maximum absolute atomic E-state index is 13.5. The number of nitro benzene ring substituents is 1. The van der Waals surface area contributed by atoms with E-state index in [9.17, 15) is 23.7 Å². The molecule has 22 heavy (non-hydrogen) atoms. The number of methoxy groups -OCH3 is 1. The Bertz CT molecular complexity index is 748. The minimum Gasteiger partial charge on any atom is -0.493 e. The van der Waals surface area contributed by atoms with E-state index in [1.807, 2.05) is 0 Å². The molecule has 8 heteroatoms. The Kier molecular flexibility index (Phi) is 4.31. The second-order valence-corrected chi connectivity index (χ2v) is 4.11. The number of rotatable bonds is 4. The van der Waals surface area contributed by atoms with Crippen molar-refractivity contribution >= 4 is 11.7 Å². The Balaban J connectivity index is 2.36. The monoisotopic (exact) mass is 309 g/mol. The highest BCUT2D eigenvalue weighted by Gasteiger charge is 2.19. The van der Waals surface area contributed by atoms with Crippen molar-refractivity contribution < 1.29 is 28.0 Å². The second kappa shape index (κ2) is 6.17. The van der Waals surface area contributed by atoms with Gasteiger partial charge in [-0.1, -0.05) is 0 Å². The Morgan fingerprint density at radius 1 is 1.14 bits per heavy atom. The number of benzene rings is 2. The maximum atomic E-state index is 13.5. The van der Waals surface area contributed by atoms with Crippen LogP contribution < -0.4 is 9.47 Å². The molecule has 0 heterocycles. The molecule has 2 aromatic rings. The van der Waals surface area contributed by atoms with Gasteiger partial charge in [-0.2, -0.15) is 0 Å². The molecule has 0 N–H and O–H groups in total. The first kappa shape index (κ1) is 15.4. The molecule has 114 valence electrons. The van der Waals surface area contributed by atoms with Gasteiger partial charge in [0.15, 0.2) is 11.5 Å². The van der Waals surface area contributed by atoms with Crippen molar-refractivity contribution in [2.24, 2.45) is 0 Å². The zero-order valence-electron chi connectivity index (χ0n) is 11.2. The van der Waals surface area contributed by atoms with Crippen molar-refractivity contribution in [2.75, 3.05) is 7.11 Å². The fraction of sp³-hybridized carbons (Fsp3) is 0.0714. The average molecular weight is 309 g/mol. The fourth-order valence-corrected chi connectivity index (χ4v) is 1.67. The van der Waals surface area contributed by atoms with E-state index in [1.54, 1.807) is 0 Å². The van der Waals surface area contributed by atoms with Gasteiger partial charge in [0.05, 0.1) is 23.7 Å². The van der Waals surface area contributed by atoms with Crippen molar-refractivity contribution in [1.29, 1.82) is 0 Å². The fourth-order valence-electron chi connectivity index (χ4n) is 1.67. The van der Waals surface area contributed by atoms with Gasteiger partial charge in [0.1, 0.15) is 11.6 Å². The molecule has 0 saturated heterocycles. The van der Waals surface area contributed by atoms with Crippen molar-refractivity contribution in [2.45, 2.75) is 0 Å². The van der Waals surface area contributed by atoms with Crippen LogP contribution in [0, 0.1) is 21.7 Å². The van der Waals surface area contributed by atoms with E-state index in [1.165, 1.54) is 13.2 Å². The number of carbonyl (C=O) groups excluding carboxylic acids is 1. The van der Waals surface area contributed by atoms with Crippen LogP contribution in [0.1, 0.15) is 10.4 Å². The highest BCUT2D eigenvalue weighted by Crippen LogP contribution is 2.31. The van der Waals surface area contributed by atoms with Crippen molar-refractivity contribution in [3.05, 3.63) is 63.7 Å². The van der Waals surface area contributed by atoms with Crippen LogP contribution in [0.25, 0.3) is 0 Å². The molecule has 0 spiro atoms. The van der Waals surface area contributed by atoms with Crippen LogP contribution in [0.3, 0.4) is 0 Å². The number of non-ortho nitro benzene ring substituents is 1. The molecule has 0 bridgehead atoms. The summed E-state index contributed by atoms with van der Waals surface area (Å²) in [4.78, 5) is 21.9. The molecule has 0 fully saturated rings. The quantitative estimate of drug-likeness (QED) is 0.375. The summed E-state index contributed by atoms with van der Waals surface area (Å²) in [5, 5.41) is 10.7. The van der Waals surface area contributed by atoms with E-state index in [0.29, 0.717) is 6.07 Å². The lowest BCUT2D eigenvalue weighted by Gasteiger charge is -2.09. The predicted molar refractivity (Wildman–Crippen MR) is 71.0 cm³/mol. The number of nitro groups is 1. The third-order valence-corrected chi connectivity index (χ3v) is 2.71. The molecule has 2 aromatic carbocycles. The van der Waals surface area contributed by atoms with Gasteiger partial charge < -0.3 is 9.47 Å². The number of carbonyl (C=O) groups is 1. The van der Waals surface area contributed by atoms with Gasteiger partial charge in [0.2, 0.25) is 0 Å². The van der Waals surface area contributed by atoms with Crippen LogP contribution in [0.2, 0.25) is 0 Å². The van der Waals surface area contributed by atoms with Crippen LogP contribution in [0.5, 0.6) is 11.5 Å². The van der Waals surface area contributed by atoms with E-state index >= 15 is 0 Å². The number of ether oxygens (including phenoxy) is 2. The second-order valence-electron chi connectivity index (χ2n) is 4.11. The average Bonchev–Trinajstić information content (AvgIpc) is 2.49. The molecule has 0 saturated carbocycles. The van der Waals surface area contributed by atoms with E-state index in [0.717, 1.165) is 24.3 Å². The highest BCUT2D eigenvalue weighted by molar-refractivity contribution is 5.91. The first-order chi connectivity index (χ1) is 10.4. The van der Waals surface area contributed by atoms with E-state index in [-0.39, 0.29) is 17.2 Å². The summed E-state index contributed by atoms with van der Waals surface area (Å²) in [5.74, 6) is -3.23. The van der Waals surface area contributed by atoms with Gasteiger partial charge in [-0.05, 0) is 24.3 Å². The molecule has 0 amide bonds. The lowest BCUT2D eigenvalue weighted by molar-refractivity contribution is -0.384. The minimum absolute atomic E-state index is 0.0377. The standard InChI is InChI=1S/C14H9F2NO5/c1-21-12-5-3-9(17(19)20)7-13(12)22-14(18)10-6-8(15)2-4-11(10)16/h2-7H,1H3. The van der Waals surface area contributed by atoms with Gasteiger partial charge in [0, 0.05) is 6.07 Å². The molecule has 0 aliphatic rings. The normalized spacial score (nSPS) is 10.1. The topological polar surface area (TPSA) is 78.7 Å². The van der Waals surface area contributed by atoms with E-state index in [2.05, 4.69) is 0 Å². The van der Waals surface area contributed by atoms with Gasteiger partial charge in [0.25, 0.3) is 5.69 Å². The SMILES string of the molecule is COc1ccc([N+](=O)[O-])cc1OC(=O)c1cc(F)ccc1F. The van der Waals surface area contributed by atoms with Crippen LogP contribution in [0.15, 0.2) is 36.4 Å². The van der Waals surface area contributed by atoms with Crippen molar-refractivity contribution in [3.63, 3.8) is 0 Å². The molecular formula is C14H9F2NO5. The third-order valence-electron chi connectivity index (χ3n) is 2.71. The van der Waals surface area contributed by atoms with E-state index in [4.69, 9.17) is 9.47 Å². The summed E-state index contributed by atoms with van der Waals surface area (Å²) < 4.78 is 36.4. The molecule has 0 aromatic heterocycles. The molecular weight excluding hydrogens is 300 g/mol. The zero-order chi connectivity index (χ0) is 16.3. The summed E-state index contributed by atoms with van der Waals surface area (Å²) in [6, 6.07) is 5.62. The van der Waals surface area contributed by atoms with Crippen molar-refractivity contribution in [3.8, 4) is 11.5 Å². The lowest BCUT2D eigenvalue weighted by atomic mass is 10.2. The van der Waals surface area contributed by atoms with Gasteiger partial charge in [-0.3, -0.25) is 10.1 Å². The molecule has 0 atom stereocenters. The van der Waals surface area contributed by atoms with Gasteiger partial charge in [-0.25, -0.2) is 13.6 Å². The number of nitrogens with zero attached hydrogens (tertiary/aromatic N) is 1. The zero-order valence-corrected chi connectivity index (χ0v) is 11.2. The Morgan fingerprint density at radius 3 is 2.50 bits per heavy atom. The first-order valence-corrected chi connectivity index (χ1v) is 5.92.